The molecule has 0 saturated heterocycles. The van der Waals surface area contributed by atoms with Crippen molar-refractivity contribution in [2.24, 2.45) is 0 Å². The summed E-state index contributed by atoms with van der Waals surface area (Å²) in [4.78, 5) is 84.8. The van der Waals surface area contributed by atoms with E-state index < -0.39 is 53.4 Å². The molecule has 0 aliphatic carbocycles. The number of nitrogens with one attached hydrogen (secondary N) is 4. The fourth-order valence-electron chi connectivity index (χ4n) is 15.7. The number of hydrogen-bond donors (Lipinski definition) is 8. The quantitative estimate of drug-likeness (QED) is 0.0212. The van der Waals surface area contributed by atoms with E-state index >= 15 is 0 Å². The predicted molar refractivity (Wildman–Crippen MR) is 416 cm³/mol. The number of alkyl halides is 6. The number of amides is 6. The van der Waals surface area contributed by atoms with Gasteiger partial charge in [-0.2, -0.15) is 13.2 Å². The lowest BCUT2D eigenvalue weighted by Gasteiger charge is -2.24. The molecule has 0 aromatic heterocycles. The van der Waals surface area contributed by atoms with Gasteiger partial charge in [0.05, 0.1) is 18.8 Å². The van der Waals surface area contributed by atoms with Crippen molar-refractivity contribution in [2.75, 3.05) is 75.4 Å². The highest BCUT2D eigenvalue weighted by atomic mass is 19.4. The van der Waals surface area contributed by atoms with Crippen LogP contribution in [0.5, 0.6) is 17.2 Å². The van der Waals surface area contributed by atoms with Gasteiger partial charge in [0.25, 0.3) is 23.6 Å². The number of hydroxylamine groups is 4. The van der Waals surface area contributed by atoms with Crippen LogP contribution in [0.1, 0.15) is 166 Å². The van der Waals surface area contributed by atoms with E-state index in [4.69, 9.17) is 30.3 Å². The Bertz CT molecular complexity index is 4860. The predicted octanol–water partition coefficient (Wildman–Crippen LogP) is 13.6. The molecule has 0 saturated carbocycles. The van der Waals surface area contributed by atoms with E-state index in [9.17, 15) is 63.9 Å². The molecule has 6 heterocycles. The summed E-state index contributed by atoms with van der Waals surface area (Å²) in [5, 5.41) is 35.4. The molecule has 8 N–H and O–H groups in total. The van der Waals surface area contributed by atoms with Gasteiger partial charge in [0.2, 0.25) is 11.8 Å². The summed E-state index contributed by atoms with van der Waals surface area (Å²) in [5.74, 6) is -2.39. The number of aryl methyl sites for hydroxylation is 4. The Hall–Kier alpha value is -10.9. The number of anilines is 2. The molecule has 117 heavy (non-hydrogen) atoms. The topological polar surface area (TPSA) is 279 Å². The van der Waals surface area contributed by atoms with E-state index in [-0.39, 0.29) is 28.7 Å². The normalized spacial score (nSPS) is 15.4. The molecule has 23 nitrogen and oxygen atoms in total. The number of hydrogen-bond acceptors (Lipinski definition) is 17. The standard InChI is InChI=1S/C24H29N3O4.C22H24FN3O3.C21H23F3N2O4.C19H18F4N2O2/c1-2-31-22-15-19(24(29)25-30)14-18-7-5-11-26(16-20(18)22)12-10-23(28)27-13-9-17-6-3-4-8-21(17)27;23-19-13-17(22(28)24-29)12-16-5-3-9-25(14-18(16)19)10-8-21(27)26-11-7-15-4-1-2-6-20(15)26;1-2-29-19-11-16(20(27)25-28)10-15-6-4-8-26(13-18(15)19)12-14-5-3-7-17(9-14)30-21(22,23)24;20-17-9-14(18(26)24-27)8-13-2-1-7-25(11-16(13)17)10-12-3-5-15(6-4-12)19(21,22)23/h3-4,6,8,14-15,30H,2,5,7,9-13,16H2,1H3,(H,25,29);1-2,4,6,12-13,29H,3,5,7-11,14H2,(H,24,28);3,5,7,9-11,28H,2,4,6,8,12-13H2,1H3,(H,25,27);3-6,8-9,27H,1-2,7,10-11H2,(H,24,26). The summed E-state index contributed by atoms with van der Waals surface area (Å²) in [6, 6.07) is 39.3. The van der Waals surface area contributed by atoms with Crippen molar-refractivity contribution in [2.45, 2.75) is 143 Å². The number of halogens is 8. The highest BCUT2D eigenvalue weighted by Gasteiger charge is 2.34. The summed E-state index contributed by atoms with van der Waals surface area (Å²) < 4.78 is 120. The summed E-state index contributed by atoms with van der Waals surface area (Å²) in [5.41, 5.74) is 19.0. The number of para-hydroxylation sites is 2. The van der Waals surface area contributed by atoms with Crippen LogP contribution in [0.4, 0.5) is 46.5 Å². The zero-order valence-electron chi connectivity index (χ0n) is 64.8. The minimum absolute atomic E-state index is 0.0462. The first-order valence-corrected chi connectivity index (χ1v) is 38.9. The third-order valence-corrected chi connectivity index (χ3v) is 21.3. The number of carbonyl (C=O) groups excluding carboxylic acids is 6. The van der Waals surface area contributed by atoms with Crippen LogP contribution in [0.3, 0.4) is 0 Å². The van der Waals surface area contributed by atoms with E-state index in [0.717, 1.165) is 141 Å². The molecule has 0 unspecified atom stereocenters. The summed E-state index contributed by atoms with van der Waals surface area (Å²) in [6.45, 7) is 13.1. The molecule has 8 aromatic carbocycles. The second kappa shape index (κ2) is 40.3. The van der Waals surface area contributed by atoms with Crippen molar-refractivity contribution >= 4 is 46.8 Å². The smallest absolute Gasteiger partial charge is 0.494 e. The van der Waals surface area contributed by atoms with Gasteiger partial charge < -0.3 is 24.0 Å². The minimum Gasteiger partial charge on any atom is -0.494 e. The van der Waals surface area contributed by atoms with Crippen LogP contribution in [-0.4, -0.2) is 148 Å². The molecule has 8 aromatic rings. The summed E-state index contributed by atoms with van der Waals surface area (Å²) in [7, 11) is 0. The Labute approximate surface area is 671 Å². The van der Waals surface area contributed by atoms with Crippen molar-refractivity contribution < 1.29 is 98.9 Å². The zero-order chi connectivity index (χ0) is 83.5. The lowest BCUT2D eigenvalue weighted by molar-refractivity contribution is -0.274. The van der Waals surface area contributed by atoms with Crippen molar-refractivity contribution in [3.63, 3.8) is 0 Å². The van der Waals surface area contributed by atoms with Gasteiger partial charge in [0.15, 0.2) is 0 Å². The fraction of sp³-hybridized carbons (Fsp3) is 0.372. The van der Waals surface area contributed by atoms with E-state index in [1.165, 1.54) is 46.9 Å². The Morgan fingerprint density at radius 3 is 1.19 bits per heavy atom. The molecule has 6 amide bonds. The SMILES string of the molecule is CCOc1cc(C(=O)NO)cc2c1CN(CCC(=O)N1CCc3ccccc31)CCC2.CCOc1cc(C(=O)NO)cc2c1CN(Cc1cccc(OC(F)(F)F)c1)CCC2.O=C(NO)c1cc(F)c2c(c1)CCCN(CCC(=O)N1CCc3ccccc31)C2.O=C(NO)c1cc(F)c2c(c1)CCCN(Cc1ccc(C(F)(F)F)cc1)C2. The van der Waals surface area contributed by atoms with Gasteiger partial charge in [-0.1, -0.05) is 60.7 Å². The molecule has 622 valence electrons. The average Bonchev–Trinajstić information content (AvgIpc) is 1.75. The molecule has 0 radical (unpaired) electrons. The lowest BCUT2D eigenvalue weighted by Crippen LogP contribution is -2.33. The Kier molecular flexibility index (Phi) is 30.0. The molecule has 6 aliphatic rings. The van der Waals surface area contributed by atoms with E-state index in [0.29, 0.717) is 155 Å². The van der Waals surface area contributed by atoms with Crippen molar-refractivity contribution in [3.05, 3.63) is 252 Å². The number of fused-ring (bicyclic) bond motifs is 6. The minimum atomic E-state index is -4.73. The average molecular weight is 1630 g/mol. The summed E-state index contributed by atoms with van der Waals surface area (Å²) >= 11 is 0. The van der Waals surface area contributed by atoms with Crippen LogP contribution in [-0.2, 0) is 93.6 Å². The highest BCUT2D eigenvalue weighted by Crippen LogP contribution is 2.37. The van der Waals surface area contributed by atoms with Crippen LogP contribution in [0.25, 0.3) is 0 Å². The number of benzene rings is 8. The molecule has 0 spiro atoms. The zero-order valence-corrected chi connectivity index (χ0v) is 64.8. The molecule has 31 heteroatoms. The van der Waals surface area contributed by atoms with E-state index in [1.807, 2.05) is 71.0 Å². The number of ether oxygens (including phenoxy) is 3. The van der Waals surface area contributed by atoms with Crippen LogP contribution >= 0.6 is 0 Å². The molecular formula is C86H94F8N10O13. The largest absolute Gasteiger partial charge is 0.573 e. The third-order valence-electron chi connectivity index (χ3n) is 21.3. The highest BCUT2D eigenvalue weighted by molar-refractivity contribution is 5.98. The van der Waals surface area contributed by atoms with Crippen LogP contribution in [0.2, 0.25) is 0 Å². The molecule has 0 atom stereocenters. The van der Waals surface area contributed by atoms with Gasteiger partial charge in [0, 0.05) is 134 Å². The first kappa shape index (κ1) is 86.9. The molecule has 6 aliphatic heterocycles. The van der Waals surface area contributed by atoms with Gasteiger partial charge in [-0.3, -0.25) is 69.2 Å². The number of carbonyl (C=O) groups is 6. The maximum absolute atomic E-state index is 14.6. The van der Waals surface area contributed by atoms with Crippen molar-refractivity contribution in [3.8, 4) is 17.2 Å². The summed E-state index contributed by atoms with van der Waals surface area (Å²) in [6.07, 6.45) is -0.400. The van der Waals surface area contributed by atoms with Crippen LogP contribution < -0.4 is 45.9 Å². The van der Waals surface area contributed by atoms with Crippen LogP contribution in [0, 0.1) is 11.6 Å². The number of nitrogens with zero attached hydrogens (tertiary/aromatic N) is 6. The van der Waals surface area contributed by atoms with Gasteiger partial charge >= 0.3 is 12.5 Å². The second-order valence-electron chi connectivity index (χ2n) is 29.2. The van der Waals surface area contributed by atoms with E-state index in [2.05, 4.69) is 31.6 Å². The third kappa shape index (κ3) is 23.1. The van der Waals surface area contributed by atoms with Gasteiger partial charge in [-0.15, -0.1) is 13.2 Å². The van der Waals surface area contributed by atoms with Crippen LogP contribution in [0.15, 0.2) is 146 Å². The van der Waals surface area contributed by atoms with Crippen molar-refractivity contribution in [1.29, 1.82) is 0 Å². The fourth-order valence-corrected chi connectivity index (χ4v) is 15.7. The molecule has 0 fully saturated rings. The first-order valence-electron chi connectivity index (χ1n) is 38.9. The maximum atomic E-state index is 14.6. The second-order valence-corrected chi connectivity index (χ2v) is 29.2. The van der Waals surface area contributed by atoms with Gasteiger partial charge in [0.1, 0.15) is 28.9 Å². The Balaban J connectivity index is 0.000000153. The molecule has 14 rings (SSSR count). The first-order chi connectivity index (χ1) is 56.2. The molecular weight excluding hydrogens is 1530 g/mol. The van der Waals surface area contributed by atoms with Gasteiger partial charge in [-0.05, 0) is 234 Å². The molecule has 0 bridgehead atoms. The lowest BCUT2D eigenvalue weighted by atomic mass is 9.99. The van der Waals surface area contributed by atoms with Gasteiger partial charge in [-0.25, -0.2) is 30.7 Å². The number of rotatable bonds is 19. The maximum Gasteiger partial charge on any atom is 0.573 e. The Morgan fingerprint density at radius 1 is 0.402 bits per heavy atom. The monoisotopic (exact) mass is 1630 g/mol. The Morgan fingerprint density at radius 2 is 0.778 bits per heavy atom. The van der Waals surface area contributed by atoms with Crippen molar-refractivity contribution in [1.82, 2.24) is 41.5 Å². The van der Waals surface area contributed by atoms with E-state index in [1.54, 1.807) is 52.8 Å².